The van der Waals surface area contributed by atoms with Gasteiger partial charge in [0.1, 0.15) is 0 Å². The van der Waals surface area contributed by atoms with Gasteiger partial charge in [0.15, 0.2) is 5.78 Å². The van der Waals surface area contributed by atoms with Crippen LogP contribution < -0.4 is 0 Å². The summed E-state index contributed by atoms with van der Waals surface area (Å²) in [5.74, 6) is -0.663. The quantitative estimate of drug-likeness (QED) is 0.489. The molecule has 0 spiro atoms. The van der Waals surface area contributed by atoms with E-state index < -0.39 is 5.97 Å². The molecule has 3 nitrogen and oxygen atoms in total. The van der Waals surface area contributed by atoms with Crippen molar-refractivity contribution in [3.63, 3.8) is 0 Å². The maximum atomic E-state index is 11.7. The largest absolute Gasteiger partial charge is 0.465 e. The number of ether oxygens (including phenoxy) is 1. The van der Waals surface area contributed by atoms with Gasteiger partial charge in [0.2, 0.25) is 0 Å². The lowest BCUT2D eigenvalue weighted by Crippen LogP contribution is -2.12. The Bertz CT molecular complexity index is 429. The molecule has 0 amide bonds. The first-order valence-electron chi connectivity index (χ1n) is 4.53. The summed E-state index contributed by atoms with van der Waals surface area (Å²) in [6.07, 6.45) is 0. The summed E-state index contributed by atoms with van der Waals surface area (Å²) in [5.41, 5.74) is 0.623. The molecule has 0 heterocycles. The molecule has 0 aliphatic rings. The molecule has 0 aliphatic heterocycles. The minimum atomic E-state index is -0.493. The van der Waals surface area contributed by atoms with Gasteiger partial charge in [-0.25, -0.2) is 4.79 Å². The molecule has 1 unspecified atom stereocenters. The van der Waals surface area contributed by atoms with Crippen molar-refractivity contribution < 1.29 is 14.3 Å². The molecule has 0 fully saturated rings. The number of halogens is 2. The van der Waals surface area contributed by atoms with Gasteiger partial charge in [-0.2, -0.15) is 0 Å². The van der Waals surface area contributed by atoms with Crippen LogP contribution in [-0.2, 0) is 4.74 Å². The highest BCUT2D eigenvalue weighted by molar-refractivity contribution is 9.10. The normalized spacial score (nSPS) is 12.0. The third kappa shape index (κ3) is 2.83. The summed E-state index contributed by atoms with van der Waals surface area (Å²) in [6, 6.07) is 4.47. The fourth-order valence-corrected chi connectivity index (χ4v) is 1.63. The van der Waals surface area contributed by atoms with Crippen LogP contribution in [-0.4, -0.2) is 23.7 Å². The van der Waals surface area contributed by atoms with E-state index in [1.165, 1.54) is 25.3 Å². The Hall–Kier alpha value is -0.870. The van der Waals surface area contributed by atoms with E-state index in [0.29, 0.717) is 16.1 Å². The summed E-state index contributed by atoms with van der Waals surface area (Å²) < 4.78 is 4.57. The van der Waals surface area contributed by atoms with Crippen LogP contribution in [0.5, 0.6) is 0 Å². The Morgan fingerprint density at radius 2 is 2.06 bits per heavy atom. The molecular formula is C11H10BrClO3. The van der Waals surface area contributed by atoms with E-state index in [2.05, 4.69) is 20.7 Å². The minimum absolute atomic E-state index is 0.171. The lowest BCUT2D eigenvalue weighted by atomic mass is 10.1. The van der Waals surface area contributed by atoms with Crippen LogP contribution in [0.3, 0.4) is 0 Å². The summed E-state index contributed by atoms with van der Waals surface area (Å²) in [4.78, 5) is 22.7. The van der Waals surface area contributed by atoms with Gasteiger partial charge in [-0.05, 0) is 25.1 Å². The van der Waals surface area contributed by atoms with Crippen LogP contribution >= 0.6 is 27.5 Å². The highest BCUT2D eigenvalue weighted by atomic mass is 79.9. The van der Waals surface area contributed by atoms with E-state index in [1.54, 1.807) is 6.92 Å². The molecule has 1 rings (SSSR count). The second-order valence-corrected chi connectivity index (χ2v) is 4.95. The summed E-state index contributed by atoms with van der Waals surface area (Å²) >= 11 is 9.05. The van der Waals surface area contributed by atoms with E-state index in [9.17, 15) is 9.59 Å². The van der Waals surface area contributed by atoms with Crippen molar-refractivity contribution in [2.24, 2.45) is 0 Å². The number of alkyl halides is 1. The van der Waals surface area contributed by atoms with Gasteiger partial charge in [0.25, 0.3) is 0 Å². The predicted octanol–water partition coefficient (Wildman–Crippen LogP) is 3.09. The van der Waals surface area contributed by atoms with Gasteiger partial charge >= 0.3 is 5.97 Å². The number of hydrogen-bond donors (Lipinski definition) is 0. The molecule has 0 saturated carbocycles. The predicted molar refractivity (Wildman–Crippen MR) is 65.5 cm³/mol. The molecule has 0 N–H and O–H groups in total. The van der Waals surface area contributed by atoms with E-state index in [4.69, 9.17) is 11.6 Å². The van der Waals surface area contributed by atoms with Gasteiger partial charge in [0.05, 0.1) is 22.5 Å². The number of hydrogen-bond acceptors (Lipinski definition) is 3. The molecule has 0 radical (unpaired) electrons. The van der Waals surface area contributed by atoms with Crippen molar-refractivity contribution in [1.29, 1.82) is 0 Å². The van der Waals surface area contributed by atoms with Crippen LogP contribution in [0.25, 0.3) is 0 Å². The van der Waals surface area contributed by atoms with Crippen molar-refractivity contribution in [3.8, 4) is 0 Å². The Balaban J connectivity index is 3.18. The molecule has 1 aromatic rings. The Morgan fingerprint density at radius 3 is 2.56 bits per heavy atom. The van der Waals surface area contributed by atoms with Crippen molar-refractivity contribution in [1.82, 2.24) is 0 Å². The maximum Gasteiger partial charge on any atom is 0.337 e. The Morgan fingerprint density at radius 1 is 1.44 bits per heavy atom. The van der Waals surface area contributed by atoms with Crippen molar-refractivity contribution in [2.75, 3.05) is 7.11 Å². The Kier molecular flexibility index (Phi) is 4.50. The molecule has 0 aromatic heterocycles. The van der Waals surface area contributed by atoms with E-state index in [1.807, 2.05) is 0 Å². The van der Waals surface area contributed by atoms with E-state index >= 15 is 0 Å². The monoisotopic (exact) mass is 304 g/mol. The molecular weight excluding hydrogens is 295 g/mol. The molecule has 0 bridgehead atoms. The molecule has 0 saturated heterocycles. The summed E-state index contributed by atoms with van der Waals surface area (Å²) in [5, 5.41) is 0.323. The van der Waals surface area contributed by atoms with Crippen molar-refractivity contribution >= 4 is 39.3 Å². The number of carbonyl (C=O) groups excluding carboxylic acids is 2. The Labute approximate surface area is 107 Å². The molecule has 1 aromatic carbocycles. The second-order valence-electron chi connectivity index (χ2n) is 3.17. The fraction of sp³-hybridized carbons (Fsp3) is 0.273. The average molecular weight is 306 g/mol. The molecule has 16 heavy (non-hydrogen) atoms. The number of esters is 1. The third-order valence-electron chi connectivity index (χ3n) is 2.01. The van der Waals surface area contributed by atoms with Gasteiger partial charge in [-0.15, -0.1) is 0 Å². The summed E-state index contributed by atoms with van der Waals surface area (Å²) in [6.45, 7) is 1.70. The lowest BCUT2D eigenvalue weighted by Gasteiger charge is -2.07. The SMILES string of the molecule is COC(=O)c1ccc(Cl)c(C(=O)C(C)Br)c1. The van der Waals surface area contributed by atoms with Crippen LogP contribution in [0.1, 0.15) is 27.6 Å². The molecule has 0 aliphatic carbocycles. The smallest absolute Gasteiger partial charge is 0.337 e. The number of rotatable bonds is 3. The highest BCUT2D eigenvalue weighted by Gasteiger charge is 2.17. The van der Waals surface area contributed by atoms with E-state index in [-0.39, 0.29) is 10.6 Å². The molecule has 1 atom stereocenters. The topological polar surface area (TPSA) is 43.4 Å². The third-order valence-corrected chi connectivity index (χ3v) is 2.76. The number of methoxy groups -OCH3 is 1. The fourth-order valence-electron chi connectivity index (χ4n) is 1.17. The standard InChI is InChI=1S/C11H10BrClO3/c1-6(12)10(14)8-5-7(11(15)16-2)3-4-9(8)13/h3-6H,1-2H3. The number of benzene rings is 1. The zero-order valence-corrected chi connectivity index (χ0v) is 11.1. The van der Waals surface area contributed by atoms with Crippen LogP contribution in [0, 0.1) is 0 Å². The number of ketones is 1. The average Bonchev–Trinajstić information content (AvgIpc) is 2.27. The van der Waals surface area contributed by atoms with Crippen molar-refractivity contribution in [2.45, 2.75) is 11.8 Å². The number of carbonyl (C=O) groups is 2. The zero-order valence-electron chi connectivity index (χ0n) is 8.79. The first-order chi connectivity index (χ1) is 7.47. The minimum Gasteiger partial charge on any atom is -0.465 e. The van der Waals surface area contributed by atoms with Gasteiger partial charge < -0.3 is 4.74 Å². The molecule has 86 valence electrons. The van der Waals surface area contributed by atoms with Crippen LogP contribution in [0.2, 0.25) is 5.02 Å². The van der Waals surface area contributed by atoms with Gasteiger partial charge in [0, 0.05) is 5.56 Å². The van der Waals surface area contributed by atoms with Gasteiger partial charge in [-0.3, -0.25) is 4.79 Å². The second kappa shape index (κ2) is 5.46. The van der Waals surface area contributed by atoms with Crippen molar-refractivity contribution in [3.05, 3.63) is 34.3 Å². The highest BCUT2D eigenvalue weighted by Crippen LogP contribution is 2.21. The maximum absolute atomic E-state index is 11.7. The lowest BCUT2D eigenvalue weighted by molar-refractivity contribution is 0.0600. The van der Waals surface area contributed by atoms with Gasteiger partial charge in [-0.1, -0.05) is 27.5 Å². The van der Waals surface area contributed by atoms with E-state index in [0.717, 1.165) is 0 Å². The van der Waals surface area contributed by atoms with Crippen LogP contribution in [0.15, 0.2) is 18.2 Å². The first kappa shape index (κ1) is 13.2. The first-order valence-corrected chi connectivity index (χ1v) is 5.83. The zero-order chi connectivity index (χ0) is 12.3. The number of Topliss-reactive ketones (excluding diaryl/α,β-unsaturated/α-hetero) is 1. The van der Waals surface area contributed by atoms with Crippen LogP contribution in [0.4, 0.5) is 0 Å². The molecule has 5 heteroatoms. The summed E-state index contributed by atoms with van der Waals surface area (Å²) in [7, 11) is 1.28.